The number of nitrogens with one attached hydrogen (secondary N) is 1. The second-order valence-electron chi connectivity index (χ2n) is 3.88. The van der Waals surface area contributed by atoms with E-state index in [1.165, 1.54) is 31.4 Å². The molecule has 1 aromatic carbocycles. The Morgan fingerprint density at radius 1 is 1.18 bits per heavy atom. The number of halogens is 3. The van der Waals surface area contributed by atoms with E-state index in [1.54, 1.807) is 6.92 Å². The lowest BCUT2D eigenvalue weighted by Crippen LogP contribution is -2.51. The molecule has 0 aliphatic heterocycles. The number of hydrogen-bond acceptors (Lipinski definition) is 2. The van der Waals surface area contributed by atoms with Gasteiger partial charge in [-0.3, -0.25) is 0 Å². The zero-order valence-corrected chi connectivity index (χ0v) is 10.1. The van der Waals surface area contributed by atoms with Crippen molar-refractivity contribution in [3.63, 3.8) is 0 Å². The van der Waals surface area contributed by atoms with Crippen LogP contribution in [0.2, 0.25) is 0 Å². The summed E-state index contributed by atoms with van der Waals surface area (Å²) >= 11 is 0. The van der Waals surface area contributed by atoms with Crippen molar-refractivity contribution in [3.8, 4) is 5.75 Å². The molecule has 96 valence electrons. The van der Waals surface area contributed by atoms with Crippen molar-refractivity contribution in [2.24, 2.45) is 0 Å². The fourth-order valence-corrected chi connectivity index (χ4v) is 1.64. The van der Waals surface area contributed by atoms with Gasteiger partial charge in [-0.15, -0.1) is 0 Å². The van der Waals surface area contributed by atoms with Crippen LogP contribution >= 0.6 is 0 Å². The Balaban J connectivity index is 3.13. The molecule has 0 aromatic heterocycles. The van der Waals surface area contributed by atoms with Crippen molar-refractivity contribution < 1.29 is 17.9 Å². The molecule has 5 heteroatoms. The number of alkyl halides is 3. The van der Waals surface area contributed by atoms with E-state index in [2.05, 4.69) is 5.32 Å². The summed E-state index contributed by atoms with van der Waals surface area (Å²) in [6.45, 7) is 3.02. The Labute approximate surface area is 98.8 Å². The Morgan fingerprint density at radius 3 is 2.06 bits per heavy atom. The second kappa shape index (κ2) is 4.96. The lowest BCUT2D eigenvalue weighted by atomic mass is 9.91. The number of methoxy groups -OCH3 is 1. The average Bonchev–Trinajstić information content (AvgIpc) is 2.28. The normalized spacial score (nSPS) is 15.4. The zero-order chi connectivity index (χ0) is 13.1. The fourth-order valence-electron chi connectivity index (χ4n) is 1.64. The lowest BCUT2D eigenvalue weighted by Gasteiger charge is -2.33. The maximum atomic E-state index is 13.1. The highest BCUT2D eigenvalue weighted by Crippen LogP contribution is 2.38. The van der Waals surface area contributed by atoms with Crippen LogP contribution in [0.5, 0.6) is 5.75 Å². The molecule has 1 unspecified atom stereocenters. The molecule has 1 N–H and O–H groups in total. The van der Waals surface area contributed by atoms with Crippen LogP contribution in [-0.4, -0.2) is 19.8 Å². The van der Waals surface area contributed by atoms with E-state index in [0.29, 0.717) is 5.75 Å². The van der Waals surface area contributed by atoms with Gasteiger partial charge in [-0.2, -0.15) is 13.2 Å². The molecule has 0 bridgehead atoms. The molecule has 1 atom stereocenters. The summed E-state index contributed by atoms with van der Waals surface area (Å²) in [5.41, 5.74) is -1.86. The Hall–Kier alpha value is -1.23. The van der Waals surface area contributed by atoms with E-state index < -0.39 is 11.7 Å². The molecule has 17 heavy (non-hydrogen) atoms. The summed E-state index contributed by atoms with van der Waals surface area (Å²) in [7, 11) is 1.47. The molecule has 1 rings (SSSR count). The summed E-state index contributed by atoms with van der Waals surface area (Å²) in [6.07, 6.45) is -4.35. The molecule has 0 saturated heterocycles. The molecule has 0 aliphatic carbocycles. The molecule has 2 nitrogen and oxygen atoms in total. The van der Waals surface area contributed by atoms with Crippen molar-refractivity contribution in [1.82, 2.24) is 5.32 Å². The SMILES string of the molecule is CCNC(C)(c1ccc(OC)cc1)C(F)(F)F. The summed E-state index contributed by atoms with van der Waals surface area (Å²) in [4.78, 5) is 0. The van der Waals surface area contributed by atoms with Gasteiger partial charge in [0.2, 0.25) is 0 Å². The summed E-state index contributed by atoms with van der Waals surface area (Å²) in [5.74, 6) is 0.537. The van der Waals surface area contributed by atoms with Crippen LogP contribution < -0.4 is 10.1 Å². The van der Waals surface area contributed by atoms with E-state index in [-0.39, 0.29) is 12.1 Å². The highest BCUT2D eigenvalue weighted by Gasteiger charge is 2.51. The van der Waals surface area contributed by atoms with E-state index >= 15 is 0 Å². The lowest BCUT2D eigenvalue weighted by molar-refractivity contribution is -0.195. The van der Waals surface area contributed by atoms with E-state index in [0.717, 1.165) is 6.92 Å². The van der Waals surface area contributed by atoms with E-state index in [9.17, 15) is 13.2 Å². The molecule has 0 fully saturated rings. The number of benzene rings is 1. The number of ether oxygens (including phenoxy) is 1. The minimum atomic E-state index is -4.35. The first-order valence-electron chi connectivity index (χ1n) is 5.31. The summed E-state index contributed by atoms with van der Waals surface area (Å²) in [5, 5.41) is 2.49. The third kappa shape index (κ3) is 2.72. The minimum Gasteiger partial charge on any atom is -0.497 e. The van der Waals surface area contributed by atoms with Crippen LogP contribution in [0.1, 0.15) is 19.4 Å². The smallest absolute Gasteiger partial charge is 0.410 e. The standard InChI is InChI=1S/C12H16F3NO/c1-4-16-11(2,12(13,14)15)9-5-7-10(17-3)8-6-9/h5-8,16H,4H2,1-3H3. The molecular weight excluding hydrogens is 231 g/mol. The quantitative estimate of drug-likeness (QED) is 0.882. The molecule has 0 aliphatic rings. The molecular formula is C12H16F3NO. The molecule has 0 heterocycles. The predicted octanol–water partition coefficient (Wildman–Crippen LogP) is 3.08. The summed E-state index contributed by atoms with van der Waals surface area (Å²) < 4.78 is 44.1. The number of rotatable bonds is 4. The molecule has 1 aromatic rings. The van der Waals surface area contributed by atoms with Gasteiger partial charge < -0.3 is 10.1 Å². The molecule has 0 amide bonds. The van der Waals surface area contributed by atoms with Crippen molar-refractivity contribution >= 4 is 0 Å². The topological polar surface area (TPSA) is 21.3 Å². The highest BCUT2D eigenvalue weighted by atomic mass is 19.4. The molecule has 0 spiro atoms. The monoisotopic (exact) mass is 247 g/mol. The first kappa shape index (κ1) is 13.8. The van der Waals surface area contributed by atoms with Gasteiger partial charge in [0.1, 0.15) is 11.3 Å². The van der Waals surface area contributed by atoms with Crippen LogP contribution in [0.25, 0.3) is 0 Å². The molecule has 0 radical (unpaired) electrons. The van der Waals surface area contributed by atoms with Crippen LogP contribution in [0.15, 0.2) is 24.3 Å². The van der Waals surface area contributed by atoms with Crippen molar-refractivity contribution in [3.05, 3.63) is 29.8 Å². The fraction of sp³-hybridized carbons (Fsp3) is 0.500. The second-order valence-corrected chi connectivity index (χ2v) is 3.88. The van der Waals surface area contributed by atoms with Gasteiger partial charge in [0.05, 0.1) is 7.11 Å². The summed E-state index contributed by atoms with van der Waals surface area (Å²) in [6, 6.07) is 5.90. The van der Waals surface area contributed by atoms with Gasteiger partial charge in [0, 0.05) is 0 Å². The van der Waals surface area contributed by atoms with Gasteiger partial charge in [0.25, 0.3) is 0 Å². The maximum Gasteiger partial charge on any atom is 0.410 e. The first-order valence-corrected chi connectivity index (χ1v) is 5.31. The largest absolute Gasteiger partial charge is 0.497 e. The van der Waals surface area contributed by atoms with Crippen LogP contribution in [-0.2, 0) is 5.54 Å². The van der Waals surface area contributed by atoms with Crippen molar-refractivity contribution in [2.45, 2.75) is 25.6 Å². The Bertz CT molecular complexity index is 361. The third-order valence-electron chi connectivity index (χ3n) is 2.76. The minimum absolute atomic E-state index is 0.174. The van der Waals surface area contributed by atoms with E-state index in [4.69, 9.17) is 4.74 Å². The van der Waals surface area contributed by atoms with Gasteiger partial charge in [-0.25, -0.2) is 0 Å². The van der Waals surface area contributed by atoms with Crippen LogP contribution in [0.3, 0.4) is 0 Å². The van der Waals surface area contributed by atoms with Gasteiger partial charge in [-0.05, 0) is 31.2 Å². The zero-order valence-electron chi connectivity index (χ0n) is 10.1. The van der Waals surface area contributed by atoms with Gasteiger partial charge >= 0.3 is 6.18 Å². The Morgan fingerprint density at radius 2 is 1.71 bits per heavy atom. The van der Waals surface area contributed by atoms with Gasteiger partial charge in [0.15, 0.2) is 0 Å². The average molecular weight is 247 g/mol. The van der Waals surface area contributed by atoms with Gasteiger partial charge in [-0.1, -0.05) is 19.1 Å². The highest BCUT2D eigenvalue weighted by molar-refractivity contribution is 5.32. The third-order valence-corrected chi connectivity index (χ3v) is 2.76. The maximum absolute atomic E-state index is 13.1. The molecule has 0 saturated carbocycles. The van der Waals surface area contributed by atoms with Crippen molar-refractivity contribution in [1.29, 1.82) is 0 Å². The predicted molar refractivity (Wildman–Crippen MR) is 60.1 cm³/mol. The van der Waals surface area contributed by atoms with Crippen molar-refractivity contribution in [2.75, 3.05) is 13.7 Å². The van der Waals surface area contributed by atoms with Crippen LogP contribution in [0, 0.1) is 0 Å². The number of hydrogen-bond donors (Lipinski definition) is 1. The first-order chi connectivity index (χ1) is 7.85. The van der Waals surface area contributed by atoms with Crippen LogP contribution in [0.4, 0.5) is 13.2 Å². The van der Waals surface area contributed by atoms with E-state index in [1.807, 2.05) is 0 Å². The Kier molecular flexibility index (Phi) is 4.03.